The van der Waals surface area contributed by atoms with Crippen molar-refractivity contribution >= 4 is 34.6 Å². The van der Waals surface area contributed by atoms with E-state index in [1.807, 2.05) is 12.1 Å². The van der Waals surface area contributed by atoms with Crippen molar-refractivity contribution < 1.29 is 9.59 Å². The Morgan fingerprint density at radius 1 is 1.22 bits per heavy atom. The van der Waals surface area contributed by atoms with Gasteiger partial charge in [0, 0.05) is 12.6 Å². The van der Waals surface area contributed by atoms with Crippen molar-refractivity contribution in [3.63, 3.8) is 0 Å². The number of urea groups is 1. The Bertz CT molecular complexity index is 890. The number of nitrogens with zero attached hydrogens (tertiary/aromatic N) is 2. The van der Waals surface area contributed by atoms with Crippen LogP contribution >= 0.6 is 11.8 Å². The summed E-state index contributed by atoms with van der Waals surface area (Å²) in [4.78, 5) is 41.3. The van der Waals surface area contributed by atoms with Gasteiger partial charge in [0.25, 0.3) is 5.56 Å². The smallest absolute Gasteiger partial charge is 0.321 e. The van der Waals surface area contributed by atoms with Gasteiger partial charge in [0.1, 0.15) is 0 Å². The van der Waals surface area contributed by atoms with E-state index in [9.17, 15) is 14.4 Å². The number of nitrogens with one attached hydrogen (secondary N) is 2. The summed E-state index contributed by atoms with van der Waals surface area (Å²) in [5.41, 5.74) is 0.570. The van der Waals surface area contributed by atoms with Crippen LogP contribution in [0.15, 0.2) is 34.2 Å². The summed E-state index contributed by atoms with van der Waals surface area (Å²) in [5, 5.41) is 5.93. The molecule has 27 heavy (non-hydrogen) atoms. The number of carbonyl (C=O) groups excluding carboxylic acids is 2. The summed E-state index contributed by atoms with van der Waals surface area (Å²) in [6.07, 6.45) is 5.25. The van der Waals surface area contributed by atoms with E-state index in [1.165, 1.54) is 18.2 Å². The topological polar surface area (TPSA) is 93.1 Å². The Labute approximate surface area is 161 Å². The Morgan fingerprint density at radius 2 is 1.96 bits per heavy atom. The molecule has 0 unspecified atom stereocenters. The lowest BCUT2D eigenvalue weighted by Gasteiger charge is -2.26. The molecule has 7 nitrogen and oxygen atoms in total. The average molecular weight is 388 g/mol. The average Bonchev–Trinajstić information content (AvgIpc) is 2.67. The molecule has 1 aromatic heterocycles. The van der Waals surface area contributed by atoms with Gasteiger partial charge in [0.2, 0.25) is 5.91 Å². The molecule has 8 heteroatoms. The first kappa shape index (κ1) is 19.4. The lowest BCUT2D eigenvalue weighted by Crippen LogP contribution is -2.40. The monoisotopic (exact) mass is 388 g/mol. The van der Waals surface area contributed by atoms with Crippen LogP contribution in [0.3, 0.4) is 0 Å². The maximum Gasteiger partial charge on any atom is 0.321 e. The maximum atomic E-state index is 13.1. The molecule has 0 radical (unpaired) electrons. The Kier molecular flexibility index (Phi) is 6.49. The minimum absolute atomic E-state index is 0.0225. The SMILES string of the molecule is CCNC(=O)NC(=O)CSc1nc2ccccc2c(=O)n1C1CCCCC1. The van der Waals surface area contributed by atoms with Crippen molar-refractivity contribution in [3.8, 4) is 0 Å². The van der Waals surface area contributed by atoms with Crippen LogP contribution in [0.25, 0.3) is 10.9 Å². The number of fused-ring (bicyclic) bond motifs is 1. The number of imide groups is 1. The van der Waals surface area contributed by atoms with Crippen LogP contribution in [0, 0.1) is 0 Å². The fourth-order valence-electron chi connectivity index (χ4n) is 3.39. The molecule has 1 saturated carbocycles. The molecule has 3 amide bonds. The summed E-state index contributed by atoms with van der Waals surface area (Å²) >= 11 is 1.20. The Morgan fingerprint density at radius 3 is 2.70 bits per heavy atom. The van der Waals surface area contributed by atoms with Crippen molar-refractivity contribution in [1.29, 1.82) is 0 Å². The van der Waals surface area contributed by atoms with Gasteiger partial charge in [-0.2, -0.15) is 0 Å². The number of hydrogen-bond donors (Lipinski definition) is 2. The zero-order valence-corrected chi connectivity index (χ0v) is 16.2. The summed E-state index contributed by atoms with van der Waals surface area (Å²) in [6, 6.07) is 6.87. The zero-order valence-electron chi connectivity index (χ0n) is 15.4. The van der Waals surface area contributed by atoms with E-state index in [1.54, 1.807) is 23.6 Å². The van der Waals surface area contributed by atoms with E-state index in [0.29, 0.717) is 22.6 Å². The molecule has 0 atom stereocenters. The van der Waals surface area contributed by atoms with Crippen molar-refractivity contribution in [2.45, 2.75) is 50.2 Å². The second kappa shape index (κ2) is 9.03. The molecule has 144 valence electrons. The number of benzene rings is 1. The lowest BCUT2D eigenvalue weighted by atomic mass is 9.95. The van der Waals surface area contributed by atoms with E-state index in [-0.39, 0.29) is 17.4 Å². The number of amides is 3. The third-order valence-electron chi connectivity index (χ3n) is 4.64. The maximum absolute atomic E-state index is 13.1. The van der Waals surface area contributed by atoms with E-state index in [4.69, 9.17) is 0 Å². The predicted octanol–water partition coefficient (Wildman–Crippen LogP) is 2.84. The van der Waals surface area contributed by atoms with E-state index >= 15 is 0 Å². The molecule has 1 aromatic carbocycles. The van der Waals surface area contributed by atoms with Crippen LogP contribution in [0.2, 0.25) is 0 Å². The van der Waals surface area contributed by atoms with Crippen molar-refractivity contribution in [3.05, 3.63) is 34.6 Å². The molecular weight excluding hydrogens is 364 g/mol. The van der Waals surface area contributed by atoms with Gasteiger partial charge in [0.05, 0.1) is 16.7 Å². The third kappa shape index (κ3) is 4.68. The van der Waals surface area contributed by atoms with Gasteiger partial charge in [-0.05, 0) is 31.9 Å². The van der Waals surface area contributed by atoms with Crippen LogP contribution in [0.5, 0.6) is 0 Å². The molecule has 1 fully saturated rings. The van der Waals surface area contributed by atoms with E-state index in [2.05, 4.69) is 15.6 Å². The number of rotatable bonds is 5. The number of para-hydroxylation sites is 1. The van der Waals surface area contributed by atoms with Crippen LogP contribution in [-0.4, -0.2) is 33.8 Å². The fraction of sp³-hybridized carbons (Fsp3) is 0.474. The van der Waals surface area contributed by atoms with Gasteiger partial charge >= 0.3 is 6.03 Å². The molecule has 0 aliphatic heterocycles. The van der Waals surface area contributed by atoms with Gasteiger partial charge < -0.3 is 5.32 Å². The molecule has 1 aliphatic carbocycles. The molecule has 0 spiro atoms. The molecule has 2 aromatic rings. The number of aromatic nitrogens is 2. The van der Waals surface area contributed by atoms with Crippen LogP contribution < -0.4 is 16.2 Å². The minimum Gasteiger partial charge on any atom is -0.338 e. The quantitative estimate of drug-likeness (QED) is 0.607. The van der Waals surface area contributed by atoms with Gasteiger partial charge in [0.15, 0.2) is 5.16 Å². The Balaban J connectivity index is 1.87. The lowest BCUT2D eigenvalue weighted by molar-refractivity contribution is -0.117. The molecule has 1 aliphatic rings. The highest BCUT2D eigenvalue weighted by Crippen LogP contribution is 2.30. The standard InChI is InChI=1S/C19H24N4O3S/c1-2-20-18(26)22-16(24)12-27-19-21-15-11-7-6-10-14(15)17(25)23(19)13-8-4-3-5-9-13/h6-7,10-11,13H,2-5,8-9,12H2,1H3,(H2,20,22,24,26). The van der Waals surface area contributed by atoms with Crippen LogP contribution in [-0.2, 0) is 4.79 Å². The van der Waals surface area contributed by atoms with Gasteiger partial charge in [-0.15, -0.1) is 0 Å². The highest BCUT2D eigenvalue weighted by Gasteiger charge is 2.22. The second-order valence-electron chi connectivity index (χ2n) is 6.57. The van der Waals surface area contributed by atoms with Crippen LogP contribution in [0.4, 0.5) is 4.79 Å². The molecular formula is C19H24N4O3S. The summed E-state index contributed by atoms with van der Waals surface area (Å²) < 4.78 is 1.76. The van der Waals surface area contributed by atoms with E-state index < -0.39 is 11.9 Å². The minimum atomic E-state index is -0.515. The first-order valence-electron chi connectivity index (χ1n) is 9.32. The predicted molar refractivity (Wildman–Crippen MR) is 106 cm³/mol. The molecule has 0 bridgehead atoms. The molecule has 1 heterocycles. The molecule has 3 rings (SSSR count). The van der Waals surface area contributed by atoms with Crippen LogP contribution in [0.1, 0.15) is 45.1 Å². The zero-order chi connectivity index (χ0) is 19.2. The summed E-state index contributed by atoms with van der Waals surface area (Å²) in [5.74, 6) is -0.391. The highest BCUT2D eigenvalue weighted by atomic mass is 32.2. The van der Waals surface area contributed by atoms with Gasteiger partial charge in [-0.25, -0.2) is 9.78 Å². The first-order chi connectivity index (χ1) is 13.1. The molecule has 2 N–H and O–H groups in total. The second-order valence-corrected chi connectivity index (χ2v) is 7.52. The van der Waals surface area contributed by atoms with Crippen molar-refractivity contribution in [2.75, 3.05) is 12.3 Å². The summed E-state index contributed by atoms with van der Waals surface area (Å²) in [6.45, 7) is 2.22. The normalized spacial score (nSPS) is 14.9. The Hall–Kier alpha value is -2.35. The molecule has 0 saturated heterocycles. The van der Waals surface area contributed by atoms with Gasteiger partial charge in [-0.1, -0.05) is 43.2 Å². The largest absolute Gasteiger partial charge is 0.338 e. The van der Waals surface area contributed by atoms with E-state index in [0.717, 1.165) is 25.7 Å². The number of thioether (sulfide) groups is 1. The van der Waals surface area contributed by atoms with Crippen molar-refractivity contribution in [2.24, 2.45) is 0 Å². The number of hydrogen-bond acceptors (Lipinski definition) is 5. The third-order valence-corrected chi connectivity index (χ3v) is 5.59. The highest BCUT2D eigenvalue weighted by molar-refractivity contribution is 7.99. The van der Waals surface area contributed by atoms with Gasteiger partial charge in [-0.3, -0.25) is 19.5 Å². The fourth-order valence-corrected chi connectivity index (χ4v) is 4.25. The first-order valence-corrected chi connectivity index (χ1v) is 10.3. The van der Waals surface area contributed by atoms with Crippen molar-refractivity contribution in [1.82, 2.24) is 20.2 Å². The number of carbonyl (C=O) groups is 2. The summed E-state index contributed by atoms with van der Waals surface area (Å²) in [7, 11) is 0.